The molecule has 1 atom stereocenters. The van der Waals surface area contributed by atoms with Gasteiger partial charge in [-0.2, -0.15) is 0 Å². The van der Waals surface area contributed by atoms with Crippen molar-refractivity contribution in [2.45, 2.75) is 45.8 Å². The van der Waals surface area contributed by atoms with Gasteiger partial charge >= 0.3 is 0 Å². The first-order valence-corrected chi connectivity index (χ1v) is 13.2. The number of rotatable bonds is 5. The summed E-state index contributed by atoms with van der Waals surface area (Å²) in [6, 6.07) is 17.2. The summed E-state index contributed by atoms with van der Waals surface area (Å²) in [6.07, 6.45) is 5.51. The average molecular weight is 517 g/mol. The monoisotopic (exact) mass is 516 g/mol. The highest BCUT2D eigenvalue weighted by Crippen LogP contribution is 2.46. The molecule has 5 nitrogen and oxygen atoms in total. The third kappa shape index (κ3) is 4.96. The Hall–Kier alpha value is -2.99. The fourth-order valence-electron chi connectivity index (χ4n) is 5.66. The van der Waals surface area contributed by atoms with Crippen LogP contribution >= 0.6 is 11.6 Å². The van der Waals surface area contributed by atoms with Crippen LogP contribution in [0.25, 0.3) is 5.57 Å². The minimum Gasteiger partial charge on any atom is -0.487 e. The summed E-state index contributed by atoms with van der Waals surface area (Å²) in [7, 11) is 0. The molecule has 0 spiro atoms. The van der Waals surface area contributed by atoms with E-state index in [2.05, 4.69) is 35.9 Å². The second kappa shape index (κ2) is 10.1. The van der Waals surface area contributed by atoms with E-state index in [1.54, 1.807) is 13.1 Å². The summed E-state index contributed by atoms with van der Waals surface area (Å²) < 4.78 is 6.07. The number of piperidine rings is 1. The molecule has 3 aromatic rings. The number of fused-ring (bicyclic) bond motifs is 2. The number of halogens is 1. The maximum atomic E-state index is 12.1. The van der Waals surface area contributed by atoms with Gasteiger partial charge in [-0.3, -0.25) is 9.78 Å². The van der Waals surface area contributed by atoms with Crippen molar-refractivity contribution in [2.75, 3.05) is 19.6 Å². The molecule has 37 heavy (non-hydrogen) atoms. The van der Waals surface area contributed by atoms with Crippen LogP contribution in [-0.4, -0.2) is 40.4 Å². The number of hydrogen-bond donors (Lipinski definition) is 1. The molecule has 2 aliphatic rings. The molecule has 5 rings (SSSR count). The van der Waals surface area contributed by atoms with E-state index in [0.29, 0.717) is 23.6 Å². The first-order valence-electron chi connectivity index (χ1n) is 12.8. The van der Waals surface area contributed by atoms with Gasteiger partial charge in [0.25, 0.3) is 0 Å². The number of nitrogens with zero attached hydrogens (tertiary/aromatic N) is 2. The molecular weight excluding hydrogens is 484 g/mol. The first-order chi connectivity index (χ1) is 17.7. The molecule has 0 bridgehead atoms. The summed E-state index contributed by atoms with van der Waals surface area (Å²) in [5.41, 5.74) is 4.26. The summed E-state index contributed by atoms with van der Waals surface area (Å²) >= 11 is 6.09. The maximum absolute atomic E-state index is 12.1. The Balaban J connectivity index is 1.38. The predicted molar refractivity (Wildman–Crippen MR) is 147 cm³/mol. The lowest BCUT2D eigenvalue weighted by Gasteiger charge is -2.50. The Morgan fingerprint density at radius 2 is 1.95 bits per heavy atom. The average Bonchev–Trinajstić information content (AvgIpc) is 3.03. The second-order valence-electron chi connectivity index (χ2n) is 10.7. The van der Waals surface area contributed by atoms with Crippen LogP contribution in [0.15, 0.2) is 66.9 Å². The van der Waals surface area contributed by atoms with Crippen molar-refractivity contribution in [3.8, 4) is 5.75 Å². The molecule has 3 heterocycles. The van der Waals surface area contributed by atoms with E-state index in [9.17, 15) is 9.90 Å². The molecular formula is C31H33ClN2O3. The number of pyridine rings is 1. The van der Waals surface area contributed by atoms with Gasteiger partial charge in [0.05, 0.1) is 11.3 Å². The molecule has 192 valence electrons. The molecule has 0 radical (unpaired) electrons. The third-order valence-corrected chi connectivity index (χ3v) is 8.12. The van der Waals surface area contributed by atoms with Crippen LogP contribution in [-0.2, 0) is 12.2 Å². The van der Waals surface area contributed by atoms with E-state index >= 15 is 0 Å². The first kappa shape index (κ1) is 25.7. The topological polar surface area (TPSA) is 62.7 Å². The number of ether oxygens (including phenoxy) is 1. The maximum Gasteiger partial charge on any atom is 0.159 e. The molecule has 0 amide bonds. The quantitative estimate of drug-likeness (QED) is 0.405. The van der Waals surface area contributed by atoms with Crippen molar-refractivity contribution < 1.29 is 14.6 Å². The molecule has 0 unspecified atom stereocenters. The van der Waals surface area contributed by atoms with E-state index in [0.717, 1.165) is 59.8 Å². The fourth-order valence-corrected chi connectivity index (χ4v) is 5.79. The van der Waals surface area contributed by atoms with E-state index < -0.39 is 5.60 Å². The molecule has 2 aliphatic heterocycles. The van der Waals surface area contributed by atoms with E-state index in [1.807, 2.05) is 48.5 Å². The Kier molecular flexibility index (Phi) is 6.97. The molecule has 6 heteroatoms. The van der Waals surface area contributed by atoms with Crippen molar-refractivity contribution in [2.24, 2.45) is 5.41 Å². The molecule has 0 saturated carbocycles. The number of likely N-dealkylation sites (tertiary alicyclic amines) is 1. The van der Waals surface area contributed by atoms with Crippen LogP contribution < -0.4 is 4.74 Å². The number of benzene rings is 2. The van der Waals surface area contributed by atoms with Crippen molar-refractivity contribution >= 4 is 23.0 Å². The smallest absolute Gasteiger partial charge is 0.159 e. The van der Waals surface area contributed by atoms with Crippen molar-refractivity contribution in [3.05, 3.63) is 99.8 Å². The zero-order valence-electron chi connectivity index (χ0n) is 21.6. The number of carbonyl (C=O) groups excluding carboxylic acids is 1. The largest absolute Gasteiger partial charge is 0.487 e. The van der Waals surface area contributed by atoms with Gasteiger partial charge in [0.2, 0.25) is 0 Å². The van der Waals surface area contributed by atoms with Crippen LogP contribution in [0, 0.1) is 5.41 Å². The number of aromatic nitrogens is 1. The molecule has 1 saturated heterocycles. The normalized spacial score (nSPS) is 22.0. The minimum atomic E-state index is -0.905. The highest BCUT2D eigenvalue weighted by atomic mass is 35.5. The lowest BCUT2D eigenvalue weighted by molar-refractivity contribution is -0.125. The van der Waals surface area contributed by atoms with E-state index in [4.69, 9.17) is 16.3 Å². The Morgan fingerprint density at radius 3 is 2.68 bits per heavy atom. The van der Waals surface area contributed by atoms with Gasteiger partial charge in [0, 0.05) is 53.0 Å². The molecule has 0 aliphatic carbocycles. The molecule has 2 aromatic carbocycles. The van der Waals surface area contributed by atoms with Gasteiger partial charge in [-0.25, -0.2) is 0 Å². The highest BCUT2D eigenvalue weighted by molar-refractivity contribution is 6.30. The summed E-state index contributed by atoms with van der Waals surface area (Å²) in [5.74, 6) is 0.794. The summed E-state index contributed by atoms with van der Waals surface area (Å²) in [4.78, 5) is 19.1. The summed E-state index contributed by atoms with van der Waals surface area (Å²) in [5, 5.41) is 12.4. The number of hydrogen-bond acceptors (Lipinski definition) is 5. The van der Waals surface area contributed by atoms with Gasteiger partial charge in [-0.1, -0.05) is 49.7 Å². The SMILES string of the molecule is CC(=O)c1ccc2c(c1)C(=CCCN1CC[C@@](O)(c3ccc(Cl)cc3)C(C)(C)C1)c1cccnc1CO2. The Morgan fingerprint density at radius 1 is 1.16 bits per heavy atom. The highest BCUT2D eigenvalue weighted by Gasteiger charge is 2.48. The van der Waals surface area contributed by atoms with Crippen LogP contribution in [0.3, 0.4) is 0 Å². The van der Waals surface area contributed by atoms with Crippen molar-refractivity contribution in [1.82, 2.24) is 9.88 Å². The van der Waals surface area contributed by atoms with Gasteiger partial charge in [0.15, 0.2) is 5.78 Å². The Bertz CT molecular complexity index is 1350. The van der Waals surface area contributed by atoms with Crippen molar-refractivity contribution in [1.29, 1.82) is 0 Å². The minimum absolute atomic E-state index is 0.0292. The van der Waals surface area contributed by atoms with E-state index in [1.165, 1.54) is 0 Å². The van der Waals surface area contributed by atoms with E-state index in [-0.39, 0.29) is 11.2 Å². The van der Waals surface area contributed by atoms with Gasteiger partial charge in [-0.05, 0) is 67.3 Å². The molecule has 1 N–H and O–H groups in total. The summed E-state index contributed by atoms with van der Waals surface area (Å²) in [6.45, 7) is 8.69. The lowest BCUT2D eigenvalue weighted by atomic mass is 9.66. The molecule has 1 aromatic heterocycles. The third-order valence-electron chi connectivity index (χ3n) is 7.86. The lowest BCUT2D eigenvalue weighted by Crippen LogP contribution is -2.55. The van der Waals surface area contributed by atoms with Gasteiger partial charge in [-0.15, -0.1) is 0 Å². The van der Waals surface area contributed by atoms with Gasteiger partial charge in [0.1, 0.15) is 12.4 Å². The van der Waals surface area contributed by atoms with Crippen LogP contribution in [0.2, 0.25) is 5.02 Å². The Labute approximate surface area is 223 Å². The van der Waals surface area contributed by atoms with Crippen LogP contribution in [0.5, 0.6) is 5.75 Å². The number of ketones is 1. The zero-order chi connectivity index (χ0) is 26.2. The predicted octanol–water partition coefficient (Wildman–Crippen LogP) is 6.27. The zero-order valence-corrected chi connectivity index (χ0v) is 22.4. The van der Waals surface area contributed by atoms with Crippen molar-refractivity contribution in [3.63, 3.8) is 0 Å². The fraction of sp³-hybridized carbons (Fsp3) is 0.355. The standard InChI is InChI=1S/C31H33ClN2O3/c1-21(35)22-8-13-29-27(18-22)25(26-6-4-15-33-28(26)19-37-29)7-5-16-34-17-14-31(36,30(2,3)20-34)23-9-11-24(32)12-10-23/h4,6-13,15,18,36H,5,14,16-17,19-20H2,1-3H3/t31-/m1/s1. The van der Waals surface area contributed by atoms with Crippen LogP contribution in [0.1, 0.15) is 66.4 Å². The second-order valence-corrected chi connectivity index (χ2v) is 11.2. The number of carbonyl (C=O) groups is 1. The van der Waals surface area contributed by atoms with Crippen LogP contribution in [0.4, 0.5) is 0 Å². The number of aliphatic hydroxyl groups is 1. The number of Topliss-reactive ketones (excluding diaryl/α,β-unsaturated/α-hetero) is 1. The molecule has 1 fully saturated rings. The van der Waals surface area contributed by atoms with Gasteiger partial charge < -0.3 is 14.7 Å².